The number of rotatable bonds is 4. The monoisotopic (exact) mass is 473 g/mol. The van der Waals surface area contributed by atoms with Crippen molar-refractivity contribution in [2.45, 2.75) is 19.3 Å². The minimum absolute atomic E-state index is 0.168. The molecule has 0 saturated heterocycles. The Bertz CT molecular complexity index is 1570. The molecule has 0 saturated carbocycles. The van der Waals surface area contributed by atoms with Crippen LogP contribution in [-0.4, -0.2) is 0 Å². The minimum atomic E-state index is -0.326. The topological polar surface area (TPSA) is 3.24 Å². The van der Waals surface area contributed by atoms with Crippen LogP contribution >= 0.6 is 0 Å². The Morgan fingerprint density at radius 1 is 0.583 bits per heavy atom. The Labute approximate surface area is 210 Å². The van der Waals surface area contributed by atoms with Gasteiger partial charge in [0.25, 0.3) is 0 Å². The number of fused-ring (bicyclic) bond motifs is 3. The summed E-state index contributed by atoms with van der Waals surface area (Å²) in [6.45, 7) is 4.48. The highest BCUT2D eigenvalue weighted by Crippen LogP contribution is 2.54. The number of para-hydroxylation sites is 1. The van der Waals surface area contributed by atoms with Gasteiger partial charge in [0.1, 0.15) is 11.6 Å². The highest BCUT2D eigenvalue weighted by atomic mass is 19.1. The first-order valence-corrected chi connectivity index (χ1v) is 12.1. The van der Waals surface area contributed by atoms with Gasteiger partial charge in [0.05, 0.1) is 11.4 Å². The zero-order chi connectivity index (χ0) is 24.9. The summed E-state index contributed by atoms with van der Waals surface area (Å²) in [6, 6.07) is 36.0. The van der Waals surface area contributed by atoms with Gasteiger partial charge in [-0.25, -0.2) is 8.78 Å². The fourth-order valence-electron chi connectivity index (χ4n) is 5.41. The molecule has 0 unspecified atom stereocenters. The number of hydrogen-bond donors (Lipinski definition) is 0. The van der Waals surface area contributed by atoms with Gasteiger partial charge in [-0.3, -0.25) is 0 Å². The second-order valence-corrected chi connectivity index (χ2v) is 9.71. The van der Waals surface area contributed by atoms with Crippen LogP contribution in [0.4, 0.5) is 25.8 Å². The van der Waals surface area contributed by atoms with E-state index in [0.29, 0.717) is 5.69 Å². The van der Waals surface area contributed by atoms with Crippen molar-refractivity contribution in [2.24, 2.45) is 0 Å². The lowest BCUT2D eigenvalue weighted by Gasteiger charge is -2.29. The molecule has 0 aromatic heterocycles. The van der Waals surface area contributed by atoms with Crippen LogP contribution in [-0.2, 0) is 5.41 Å². The van der Waals surface area contributed by atoms with Crippen LogP contribution in [0.3, 0.4) is 0 Å². The van der Waals surface area contributed by atoms with Crippen molar-refractivity contribution >= 4 is 17.1 Å². The Morgan fingerprint density at radius 2 is 1.25 bits per heavy atom. The first kappa shape index (κ1) is 22.2. The molecule has 3 heteroatoms. The van der Waals surface area contributed by atoms with E-state index in [9.17, 15) is 4.39 Å². The van der Waals surface area contributed by atoms with E-state index < -0.39 is 0 Å². The third kappa shape index (κ3) is 3.51. The highest BCUT2D eigenvalue weighted by Gasteiger charge is 2.37. The van der Waals surface area contributed by atoms with Crippen molar-refractivity contribution < 1.29 is 8.78 Å². The second kappa shape index (κ2) is 8.46. The molecule has 5 aromatic carbocycles. The molecule has 6 rings (SSSR count). The summed E-state index contributed by atoms with van der Waals surface area (Å²) in [7, 11) is 0. The summed E-state index contributed by atoms with van der Waals surface area (Å²) in [6.07, 6.45) is 0. The molecular formula is C33H25F2N. The third-order valence-electron chi connectivity index (χ3n) is 7.21. The molecule has 1 nitrogen and oxygen atoms in total. The molecule has 0 heterocycles. The molecule has 0 radical (unpaired) electrons. The van der Waals surface area contributed by atoms with Gasteiger partial charge in [-0.2, -0.15) is 0 Å². The van der Waals surface area contributed by atoms with Crippen molar-refractivity contribution in [1.82, 2.24) is 0 Å². The molecule has 0 bridgehead atoms. The molecule has 176 valence electrons. The van der Waals surface area contributed by atoms with Crippen LogP contribution in [0.1, 0.15) is 25.0 Å². The summed E-state index contributed by atoms with van der Waals surface area (Å²) in [4.78, 5) is 2.00. The standard InChI is InChI=1S/C33H25F2N/c1-33(2)27-12-7-6-11-26(27)32-28(33)13-8-14-30(32)36(25-9-4-3-5-10-25)31-21-23(17-20-29(31)35)22-15-18-24(34)19-16-22/h3-21H,1-2H3. The zero-order valence-corrected chi connectivity index (χ0v) is 20.2. The number of nitrogens with zero attached hydrogens (tertiary/aromatic N) is 1. The summed E-state index contributed by atoms with van der Waals surface area (Å²) < 4.78 is 29.2. The molecule has 0 amide bonds. The van der Waals surface area contributed by atoms with E-state index in [1.165, 1.54) is 34.9 Å². The summed E-state index contributed by atoms with van der Waals surface area (Å²) in [5.74, 6) is -0.624. The molecule has 0 spiro atoms. The fourth-order valence-corrected chi connectivity index (χ4v) is 5.41. The maximum absolute atomic E-state index is 15.7. The highest BCUT2D eigenvalue weighted by molar-refractivity contribution is 5.95. The normalized spacial score (nSPS) is 13.2. The maximum Gasteiger partial charge on any atom is 0.147 e. The van der Waals surface area contributed by atoms with E-state index in [4.69, 9.17) is 0 Å². The van der Waals surface area contributed by atoms with Crippen LogP contribution in [0.2, 0.25) is 0 Å². The van der Waals surface area contributed by atoms with Gasteiger partial charge >= 0.3 is 0 Å². The van der Waals surface area contributed by atoms with Crippen LogP contribution in [0.5, 0.6) is 0 Å². The lowest BCUT2D eigenvalue weighted by Crippen LogP contribution is -2.16. The number of benzene rings is 5. The Kier molecular flexibility index (Phi) is 5.22. The van der Waals surface area contributed by atoms with Gasteiger partial charge in [-0.15, -0.1) is 0 Å². The van der Waals surface area contributed by atoms with Crippen LogP contribution < -0.4 is 4.90 Å². The summed E-state index contributed by atoms with van der Waals surface area (Å²) in [5, 5.41) is 0. The van der Waals surface area contributed by atoms with Crippen molar-refractivity contribution in [1.29, 1.82) is 0 Å². The van der Waals surface area contributed by atoms with Gasteiger partial charge in [0.15, 0.2) is 0 Å². The second-order valence-electron chi connectivity index (χ2n) is 9.71. The van der Waals surface area contributed by atoms with Gasteiger partial charge in [-0.05, 0) is 70.3 Å². The third-order valence-corrected chi connectivity index (χ3v) is 7.21. The van der Waals surface area contributed by atoms with Crippen molar-refractivity contribution in [3.63, 3.8) is 0 Å². The lowest BCUT2D eigenvalue weighted by atomic mass is 9.82. The van der Waals surface area contributed by atoms with E-state index in [0.717, 1.165) is 28.1 Å². The van der Waals surface area contributed by atoms with Gasteiger partial charge < -0.3 is 4.90 Å². The van der Waals surface area contributed by atoms with E-state index in [2.05, 4.69) is 56.3 Å². The largest absolute Gasteiger partial charge is 0.307 e. The van der Waals surface area contributed by atoms with Crippen LogP contribution in [0.25, 0.3) is 22.3 Å². The van der Waals surface area contributed by atoms with Crippen LogP contribution in [0, 0.1) is 11.6 Å². The van der Waals surface area contributed by atoms with E-state index in [1.54, 1.807) is 18.2 Å². The first-order chi connectivity index (χ1) is 17.4. The fraction of sp³-hybridized carbons (Fsp3) is 0.0909. The predicted molar refractivity (Wildman–Crippen MR) is 144 cm³/mol. The molecule has 5 aromatic rings. The van der Waals surface area contributed by atoms with E-state index >= 15 is 4.39 Å². The molecule has 0 fully saturated rings. The summed E-state index contributed by atoms with van der Waals surface area (Å²) in [5.41, 5.74) is 8.49. The molecule has 1 aliphatic rings. The summed E-state index contributed by atoms with van der Waals surface area (Å²) >= 11 is 0. The van der Waals surface area contributed by atoms with E-state index in [1.807, 2.05) is 41.3 Å². The van der Waals surface area contributed by atoms with Crippen molar-refractivity contribution in [3.8, 4) is 22.3 Å². The zero-order valence-electron chi connectivity index (χ0n) is 20.2. The van der Waals surface area contributed by atoms with Gasteiger partial charge in [-0.1, -0.05) is 86.6 Å². The van der Waals surface area contributed by atoms with Crippen molar-refractivity contribution in [3.05, 3.63) is 138 Å². The smallest absolute Gasteiger partial charge is 0.147 e. The first-order valence-electron chi connectivity index (χ1n) is 12.1. The van der Waals surface area contributed by atoms with Crippen LogP contribution in [0.15, 0.2) is 115 Å². The van der Waals surface area contributed by atoms with E-state index in [-0.39, 0.29) is 17.0 Å². The minimum Gasteiger partial charge on any atom is -0.307 e. The average molecular weight is 474 g/mol. The van der Waals surface area contributed by atoms with Gasteiger partial charge in [0, 0.05) is 16.7 Å². The lowest BCUT2D eigenvalue weighted by molar-refractivity contribution is 0.627. The Balaban J connectivity index is 1.62. The molecule has 0 N–H and O–H groups in total. The molecule has 0 atom stereocenters. The van der Waals surface area contributed by atoms with Gasteiger partial charge in [0.2, 0.25) is 0 Å². The molecule has 36 heavy (non-hydrogen) atoms. The predicted octanol–water partition coefficient (Wildman–Crippen LogP) is 9.41. The molecule has 1 aliphatic carbocycles. The molecule has 0 aliphatic heterocycles. The number of hydrogen-bond acceptors (Lipinski definition) is 1. The average Bonchev–Trinajstić information content (AvgIpc) is 3.14. The number of halogens is 2. The quantitative estimate of drug-likeness (QED) is 0.251. The Morgan fingerprint density at radius 3 is 2.03 bits per heavy atom. The molecular weight excluding hydrogens is 448 g/mol. The SMILES string of the molecule is CC1(C)c2ccccc2-c2c(N(c3ccccc3)c3cc(-c4ccc(F)cc4)ccc3F)cccc21. The van der Waals surface area contributed by atoms with Crippen molar-refractivity contribution in [2.75, 3.05) is 4.90 Å². The Hall–Kier alpha value is -4.24. The number of anilines is 3. The maximum atomic E-state index is 15.7.